The molecule has 0 aliphatic heterocycles. The van der Waals surface area contributed by atoms with Crippen LogP contribution < -0.4 is 5.32 Å². The van der Waals surface area contributed by atoms with Crippen molar-refractivity contribution in [3.63, 3.8) is 0 Å². The molecule has 0 fully saturated rings. The summed E-state index contributed by atoms with van der Waals surface area (Å²) in [6.45, 7) is -0.158. The van der Waals surface area contributed by atoms with Crippen LogP contribution in [0, 0.1) is 0 Å². The number of aromatic nitrogens is 2. The van der Waals surface area contributed by atoms with Crippen molar-refractivity contribution < 1.29 is 18.0 Å². The zero-order valence-corrected chi connectivity index (χ0v) is 9.25. The second kappa shape index (κ2) is 4.98. The van der Waals surface area contributed by atoms with Gasteiger partial charge in [-0.2, -0.15) is 13.2 Å². The zero-order valence-electron chi connectivity index (χ0n) is 9.25. The number of hydrogen-bond donors (Lipinski definition) is 1. The first kappa shape index (κ1) is 13.2. The van der Waals surface area contributed by atoms with Crippen LogP contribution >= 0.6 is 0 Å². The molecule has 1 heterocycles. The Morgan fingerprint density at radius 1 is 1.47 bits per heavy atom. The van der Waals surface area contributed by atoms with Crippen LogP contribution in [0.2, 0.25) is 0 Å². The van der Waals surface area contributed by atoms with Crippen molar-refractivity contribution in [1.82, 2.24) is 14.9 Å². The molecule has 0 aromatic carbocycles. The normalized spacial score (nSPS) is 11.1. The van der Waals surface area contributed by atoms with E-state index in [4.69, 9.17) is 0 Å². The van der Waals surface area contributed by atoms with Crippen LogP contribution in [0.3, 0.4) is 0 Å². The second-order valence-corrected chi connectivity index (χ2v) is 3.40. The Morgan fingerprint density at radius 2 is 2.12 bits per heavy atom. The van der Waals surface area contributed by atoms with Crippen molar-refractivity contribution >= 4 is 11.9 Å². The van der Waals surface area contributed by atoms with E-state index in [0.717, 1.165) is 12.3 Å². The average molecular weight is 248 g/mol. The Morgan fingerprint density at radius 3 is 2.65 bits per heavy atom. The van der Waals surface area contributed by atoms with Crippen LogP contribution in [-0.2, 0) is 11.0 Å². The minimum absolute atomic E-state index is 0.158. The first-order valence-corrected chi connectivity index (χ1v) is 4.65. The lowest BCUT2D eigenvalue weighted by Gasteiger charge is -2.11. The molecule has 17 heavy (non-hydrogen) atoms. The maximum absolute atomic E-state index is 12.3. The smallest absolute Gasteiger partial charge is 0.347 e. The van der Waals surface area contributed by atoms with Crippen LogP contribution in [0.1, 0.15) is 5.69 Å². The van der Waals surface area contributed by atoms with Crippen molar-refractivity contribution in [2.45, 2.75) is 6.18 Å². The van der Waals surface area contributed by atoms with Crippen LogP contribution in [-0.4, -0.2) is 41.4 Å². The molecule has 0 unspecified atom stereocenters. The number of halogens is 3. The van der Waals surface area contributed by atoms with Crippen molar-refractivity contribution in [3.05, 3.63) is 18.0 Å². The van der Waals surface area contributed by atoms with E-state index >= 15 is 0 Å². The van der Waals surface area contributed by atoms with E-state index in [-0.39, 0.29) is 18.4 Å². The number of rotatable bonds is 3. The highest BCUT2D eigenvalue weighted by atomic mass is 19.4. The fraction of sp³-hybridized carbons (Fsp3) is 0.444. The molecular formula is C9H11F3N4O. The molecule has 5 nitrogen and oxygen atoms in total. The molecule has 8 heteroatoms. The monoisotopic (exact) mass is 248 g/mol. The van der Waals surface area contributed by atoms with Gasteiger partial charge in [-0.15, -0.1) is 0 Å². The quantitative estimate of drug-likeness (QED) is 0.866. The van der Waals surface area contributed by atoms with Gasteiger partial charge in [0, 0.05) is 20.3 Å². The molecule has 0 aliphatic carbocycles. The first-order valence-electron chi connectivity index (χ1n) is 4.65. The van der Waals surface area contributed by atoms with Gasteiger partial charge >= 0.3 is 6.18 Å². The summed E-state index contributed by atoms with van der Waals surface area (Å²) in [4.78, 5) is 19.3. The Hall–Kier alpha value is -1.86. The van der Waals surface area contributed by atoms with Gasteiger partial charge in [0.1, 0.15) is 5.69 Å². The SMILES string of the molecule is CN(C)C(=O)CNc1nccc(C(F)(F)F)n1. The molecule has 1 N–H and O–H groups in total. The van der Waals surface area contributed by atoms with Gasteiger partial charge in [-0.3, -0.25) is 4.79 Å². The average Bonchev–Trinajstić information content (AvgIpc) is 2.25. The van der Waals surface area contributed by atoms with E-state index in [0.29, 0.717) is 0 Å². The summed E-state index contributed by atoms with van der Waals surface area (Å²) in [6.07, 6.45) is -3.54. The lowest BCUT2D eigenvalue weighted by molar-refractivity contribution is -0.141. The van der Waals surface area contributed by atoms with Gasteiger partial charge in [0.15, 0.2) is 0 Å². The molecule has 1 aromatic heterocycles. The minimum Gasteiger partial charge on any atom is -0.347 e. The summed E-state index contributed by atoms with van der Waals surface area (Å²) < 4.78 is 36.9. The number of carbonyl (C=O) groups excluding carboxylic acids is 1. The van der Waals surface area contributed by atoms with E-state index < -0.39 is 11.9 Å². The van der Waals surface area contributed by atoms with E-state index in [2.05, 4.69) is 15.3 Å². The van der Waals surface area contributed by atoms with Crippen molar-refractivity contribution in [1.29, 1.82) is 0 Å². The van der Waals surface area contributed by atoms with Gasteiger partial charge in [0.2, 0.25) is 11.9 Å². The lowest BCUT2D eigenvalue weighted by Crippen LogP contribution is -2.29. The molecule has 1 rings (SSSR count). The standard InChI is InChI=1S/C9H11F3N4O/c1-16(2)7(17)5-14-8-13-4-3-6(15-8)9(10,11)12/h3-4H,5H2,1-2H3,(H,13,14,15). The molecule has 1 aromatic rings. The largest absolute Gasteiger partial charge is 0.433 e. The highest BCUT2D eigenvalue weighted by molar-refractivity contribution is 5.79. The highest BCUT2D eigenvalue weighted by Gasteiger charge is 2.32. The molecule has 0 aliphatic rings. The summed E-state index contributed by atoms with van der Waals surface area (Å²) in [7, 11) is 3.08. The molecule has 0 bridgehead atoms. The molecule has 0 saturated carbocycles. The number of nitrogens with one attached hydrogen (secondary N) is 1. The van der Waals surface area contributed by atoms with Crippen molar-refractivity contribution in [2.75, 3.05) is 26.0 Å². The molecule has 0 spiro atoms. The third-order valence-corrected chi connectivity index (χ3v) is 1.84. The zero-order chi connectivity index (χ0) is 13.1. The Labute approximate surface area is 95.7 Å². The van der Waals surface area contributed by atoms with Gasteiger partial charge in [0.25, 0.3) is 0 Å². The molecule has 0 atom stereocenters. The van der Waals surface area contributed by atoms with Gasteiger partial charge in [0.05, 0.1) is 6.54 Å². The summed E-state index contributed by atoms with van der Waals surface area (Å²) >= 11 is 0. The summed E-state index contributed by atoms with van der Waals surface area (Å²) in [5.74, 6) is -0.513. The van der Waals surface area contributed by atoms with Crippen LogP contribution in [0.15, 0.2) is 12.3 Å². The maximum Gasteiger partial charge on any atom is 0.433 e. The van der Waals surface area contributed by atoms with Gasteiger partial charge in [-0.05, 0) is 6.07 Å². The number of nitrogens with zero attached hydrogens (tertiary/aromatic N) is 3. The molecule has 1 amide bonds. The Kier molecular flexibility index (Phi) is 3.87. The second-order valence-electron chi connectivity index (χ2n) is 3.40. The number of carbonyl (C=O) groups is 1. The fourth-order valence-electron chi connectivity index (χ4n) is 0.915. The first-order chi connectivity index (χ1) is 7.80. The molecule has 94 valence electrons. The van der Waals surface area contributed by atoms with Crippen molar-refractivity contribution in [3.8, 4) is 0 Å². The Balaban J connectivity index is 2.70. The van der Waals surface area contributed by atoms with Gasteiger partial charge in [-0.1, -0.05) is 0 Å². The topological polar surface area (TPSA) is 58.1 Å². The van der Waals surface area contributed by atoms with E-state index in [1.54, 1.807) is 0 Å². The number of anilines is 1. The molecule has 0 saturated heterocycles. The highest BCUT2D eigenvalue weighted by Crippen LogP contribution is 2.27. The van der Waals surface area contributed by atoms with Crippen LogP contribution in [0.25, 0.3) is 0 Å². The Bertz CT molecular complexity index is 405. The van der Waals surface area contributed by atoms with E-state index in [1.807, 2.05) is 0 Å². The van der Waals surface area contributed by atoms with Gasteiger partial charge in [-0.25, -0.2) is 9.97 Å². The maximum atomic E-state index is 12.3. The third-order valence-electron chi connectivity index (χ3n) is 1.84. The fourth-order valence-corrected chi connectivity index (χ4v) is 0.915. The number of likely N-dealkylation sites (N-methyl/N-ethyl adjacent to an activating group) is 1. The van der Waals surface area contributed by atoms with E-state index in [9.17, 15) is 18.0 Å². The summed E-state index contributed by atoms with van der Waals surface area (Å²) in [5, 5.41) is 2.42. The molecule has 0 radical (unpaired) electrons. The third kappa shape index (κ3) is 3.89. The number of hydrogen-bond acceptors (Lipinski definition) is 4. The summed E-state index contributed by atoms with van der Waals surface area (Å²) in [6, 6.07) is 0.763. The predicted octanol–water partition coefficient (Wildman–Crippen LogP) is 0.995. The minimum atomic E-state index is -4.52. The van der Waals surface area contributed by atoms with Crippen molar-refractivity contribution in [2.24, 2.45) is 0 Å². The summed E-state index contributed by atoms with van der Waals surface area (Å²) in [5.41, 5.74) is -1.05. The van der Waals surface area contributed by atoms with Crippen LogP contribution in [0.4, 0.5) is 19.1 Å². The number of alkyl halides is 3. The van der Waals surface area contributed by atoms with E-state index in [1.165, 1.54) is 19.0 Å². The van der Waals surface area contributed by atoms with Crippen LogP contribution in [0.5, 0.6) is 0 Å². The lowest BCUT2D eigenvalue weighted by atomic mass is 10.4. The van der Waals surface area contributed by atoms with Gasteiger partial charge < -0.3 is 10.2 Å². The number of amides is 1. The predicted molar refractivity (Wildman–Crippen MR) is 54.2 cm³/mol. The molecular weight excluding hydrogens is 237 g/mol.